The van der Waals surface area contributed by atoms with Crippen molar-refractivity contribution in [1.82, 2.24) is 0 Å². The number of rotatable bonds is 7. The summed E-state index contributed by atoms with van der Waals surface area (Å²) in [6.45, 7) is 4.31. The van der Waals surface area contributed by atoms with Crippen LogP contribution in [0.4, 0.5) is 14.5 Å². The van der Waals surface area contributed by atoms with Crippen LogP contribution < -0.4 is 0 Å². The fourth-order valence-electron chi connectivity index (χ4n) is 4.42. The molecule has 0 heterocycles. The van der Waals surface area contributed by atoms with Crippen molar-refractivity contribution in [2.45, 2.75) is 46.0 Å². The standard InChI is InChI=1S/C28H25F2NS/c1-3-4-19-12-23-9-10-24(16-25(23)13-19)22-8-7-21(18(2)11-22)6-5-20-14-26(29)28(31-17-32)27(30)15-20/h7-11,13-16H,3-6,12H2,1-2H3. The monoisotopic (exact) mass is 445 g/mol. The molecule has 0 amide bonds. The van der Waals surface area contributed by atoms with Crippen molar-refractivity contribution in [1.29, 1.82) is 0 Å². The van der Waals surface area contributed by atoms with E-state index < -0.39 is 11.6 Å². The van der Waals surface area contributed by atoms with Crippen LogP contribution in [-0.4, -0.2) is 5.16 Å². The van der Waals surface area contributed by atoms with Crippen molar-refractivity contribution in [3.8, 4) is 11.1 Å². The molecule has 1 aliphatic carbocycles. The number of nitrogens with zero attached hydrogens (tertiary/aromatic N) is 1. The number of allylic oxidation sites excluding steroid dienone is 1. The number of hydrogen-bond acceptors (Lipinski definition) is 2. The average molecular weight is 446 g/mol. The van der Waals surface area contributed by atoms with Gasteiger partial charge in [0.25, 0.3) is 0 Å². The summed E-state index contributed by atoms with van der Waals surface area (Å²) < 4.78 is 28.2. The number of fused-ring (bicyclic) bond motifs is 1. The fourth-order valence-corrected chi connectivity index (χ4v) is 4.51. The summed E-state index contributed by atoms with van der Waals surface area (Å²) in [5.74, 6) is -1.42. The molecule has 0 atom stereocenters. The van der Waals surface area contributed by atoms with Crippen LogP contribution in [0.2, 0.25) is 0 Å². The molecule has 0 N–H and O–H groups in total. The van der Waals surface area contributed by atoms with Crippen molar-refractivity contribution in [2.75, 3.05) is 0 Å². The van der Waals surface area contributed by atoms with Crippen molar-refractivity contribution in [2.24, 2.45) is 4.99 Å². The predicted molar refractivity (Wildman–Crippen MR) is 132 cm³/mol. The second-order valence-corrected chi connectivity index (χ2v) is 8.58. The van der Waals surface area contributed by atoms with E-state index in [4.69, 9.17) is 0 Å². The van der Waals surface area contributed by atoms with Crippen LogP contribution in [0.15, 0.2) is 59.1 Å². The van der Waals surface area contributed by atoms with Crippen LogP contribution in [0.3, 0.4) is 0 Å². The van der Waals surface area contributed by atoms with E-state index >= 15 is 0 Å². The molecule has 4 rings (SSSR count). The Labute approximate surface area is 193 Å². The molecular weight excluding hydrogens is 420 g/mol. The summed E-state index contributed by atoms with van der Waals surface area (Å²) in [6, 6.07) is 15.8. The smallest absolute Gasteiger partial charge is 0.152 e. The number of aliphatic imine (C=N–C) groups is 1. The maximum absolute atomic E-state index is 14.1. The van der Waals surface area contributed by atoms with Crippen molar-refractivity contribution < 1.29 is 8.78 Å². The summed E-state index contributed by atoms with van der Waals surface area (Å²) in [5, 5.41) is 2.02. The summed E-state index contributed by atoms with van der Waals surface area (Å²) in [7, 11) is 0. The molecule has 32 heavy (non-hydrogen) atoms. The number of halogens is 2. The van der Waals surface area contributed by atoms with Crippen LogP contribution in [0.1, 0.15) is 47.6 Å². The van der Waals surface area contributed by atoms with Gasteiger partial charge in [0, 0.05) is 0 Å². The Kier molecular flexibility index (Phi) is 6.74. The number of aryl methyl sites for hydroxylation is 3. The zero-order chi connectivity index (χ0) is 22.7. The first-order valence-corrected chi connectivity index (χ1v) is 11.4. The minimum absolute atomic E-state index is 0.379. The van der Waals surface area contributed by atoms with Gasteiger partial charge in [0.2, 0.25) is 0 Å². The molecule has 1 aliphatic rings. The van der Waals surface area contributed by atoms with Gasteiger partial charge in [-0.1, -0.05) is 55.3 Å². The lowest BCUT2D eigenvalue weighted by Gasteiger charge is -2.11. The minimum atomic E-state index is -0.711. The van der Waals surface area contributed by atoms with E-state index in [0.29, 0.717) is 18.4 Å². The molecule has 0 saturated carbocycles. The van der Waals surface area contributed by atoms with Gasteiger partial charge in [0.15, 0.2) is 11.6 Å². The number of isothiocyanates is 1. The van der Waals surface area contributed by atoms with Crippen molar-refractivity contribution in [3.05, 3.63) is 93.6 Å². The second kappa shape index (κ2) is 9.68. The molecule has 0 aliphatic heterocycles. The second-order valence-electron chi connectivity index (χ2n) is 8.40. The van der Waals surface area contributed by atoms with E-state index in [1.807, 2.05) is 5.16 Å². The first-order chi connectivity index (χ1) is 15.5. The number of hydrogen-bond donors (Lipinski definition) is 0. The number of thiocarbonyl (C=S) groups is 1. The molecule has 0 aromatic heterocycles. The highest BCUT2D eigenvalue weighted by Gasteiger charge is 2.14. The summed E-state index contributed by atoms with van der Waals surface area (Å²) in [6.07, 6.45) is 6.99. The molecular formula is C28H25F2NS. The van der Waals surface area contributed by atoms with Gasteiger partial charge in [-0.15, -0.1) is 0 Å². The normalized spacial score (nSPS) is 12.3. The Bertz CT molecular complexity index is 1230. The van der Waals surface area contributed by atoms with Gasteiger partial charge >= 0.3 is 0 Å². The van der Waals surface area contributed by atoms with Crippen molar-refractivity contribution in [3.63, 3.8) is 0 Å². The summed E-state index contributed by atoms with van der Waals surface area (Å²) >= 11 is 4.45. The van der Waals surface area contributed by atoms with Gasteiger partial charge in [-0.2, -0.15) is 4.99 Å². The van der Waals surface area contributed by atoms with Gasteiger partial charge in [0.05, 0.1) is 5.16 Å². The van der Waals surface area contributed by atoms with Crippen molar-refractivity contribution >= 4 is 29.1 Å². The maximum atomic E-state index is 14.1. The molecule has 3 aromatic carbocycles. The highest BCUT2D eigenvalue weighted by atomic mass is 32.1. The van der Waals surface area contributed by atoms with Crippen LogP contribution in [0, 0.1) is 18.6 Å². The zero-order valence-electron chi connectivity index (χ0n) is 18.3. The van der Waals surface area contributed by atoms with Crippen LogP contribution >= 0.6 is 12.2 Å². The lowest BCUT2D eigenvalue weighted by Crippen LogP contribution is -1.97. The molecule has 0 spiro atoms. The van der Waals surface area contributed by atoms with E-state index in [0.717, 1.165) is 12.8 Å². The Morgan fingerprint density at radius 2 is 1.66 bits per heavy atom. The largest absolute Gasteiger partial charge is 0.204 e. The maximum Gasteiger partial charge on any atom is 0.152 e. The Hall–Kier alpha value is -2.94. The molecule has 1 nitrogen and oxygen atoms in total. The Morgan fingerprint density at radius 3 is 2.34 bits per heavy atom. The van der Waals surface area contributed by atoms with Gasteiger partial charge in [0.1, 0.15) is 5.69 Å². The highest BCUT2D eigenvalue weighted by molar-refractivity contribution is 7.78. The lowest BCUT2D eigenvalue weighted by molar-refractivity contribution is 0.584. The van der Waals surface area contributed by atoms with Gasteiger partial charge < -0.3 is 0 Å². The summed E-state index contributed by atoms with van der Waals surface area (Å²) in [4.78, 5) is 3.46. The molecule has 0 bridgehead atoms. The van der Waals surface area contributed by atoms with E-state index in [2.05, 4.69) is 73.5 Å². The molecule has 0 unspecified atom stereocenters. The lowest BCUT2D eigenvalue weighted by atomic mass is 9.94. The average Bonchev–Trinajstić information content (AvgIpc) is 3.17. The van der Waals surface area contributed by atoms with E-state index in [1.54, 1.807) is 0 Å². The van der Waals surface area contributed by atoms with Crippen LogP contribution in [0.25, 0.3) is 17.2 Å². The van der Waals surface area contributed by atoms with Gasteiger partial charge in [-0.3, -0.25) is 0 Å². The van der Waals surface area contributed by atoms with Crippen LogP contribution in [-0.2, 0) is 19.3 Å². The molecule has 0 saturated heterocycles. The minimum Gasteiger partial charge on any atom is -0.204 e. The fraction of sp³-hybridized carbons (Fsp3) is 0.250. The molecule has 162 valence electrons. The van der Waals surface area contributed by atoms with Gasteiger partial charge in [-0.25, -0.2) is 8.78 Å². The third-order valence-electron chi connectivity index (χ3n) is 6.09. The first kappa shape index (κ1) is 22.3. The first-order valence-electron chi connectivity index (χ1n) is 11.0. The highest BCUT2D eigenvalue weighted by Crippen LogP contribution is 2.32. The SMILES string of the molecule is CCCC1=Cc2cc(-c3ccc(CCc4cc(F)c(N=C=S)c(F)c4)c(C)c3)ccc2C1. The molecule has 0 fully saturated rings. The number of benzene rings is 3. The zero-order valence-corrected chi connectivity index (χ0v) is 19.2. The van der Waals surface area contributed by atoms with Crippen LogP contribution in [0.5, 0.6) is 0 Å². The topological polar surface area (TPSA) is 12.4 Å². The Balaban J connectivity index is 1.50. The quantitative estimate of drug-likeness (QED) is 0.264. The van der Waals surface area contributed by atoms with E-state index in [-0.39, 0.29) is 5.69 Å². The Morgan fingerprint density at radius 1 is 0.938 bits per heavy atom. The van der Waals surface area contributed by atoms with Gasteiger partial charge in [-0.05, 0) is 102 Å². The van der Waals surface area contributed by atoms with E-state index in [9.17, 15) is 8.78 Å². The summed E-state index contributed by atoms with van der Waals surface area (Å²) in [5.41, 5.74) is 9.22. The predicted octanol–water partition coefficient (Wildman–Crippen LogP) is 8.20. The van der Waals surface area contributed by atoms with E-state index in [1.165, 1.54) is 57.5 Å². The third-order valence-corrected chi connectivity index (χ3v) is 6.18. The molecule has 3 aromatic rings. The molecule has 4 heteroatoms. The third kappa shape index (κ3) is 4.77. The molecule has 0 radical (unpaired) electrons.